The Balaban J connectivity index is 2.48. The summed E-state index contributed by atoms with van der Waals surface area (Å²) in [5, 5.41) is 5.55. The van der Waals surface area contributed by atoms with Crippen molar-refractivity contribution < 1.29 is 18.4 Å². The number of hydrogen-bond acceptors (Lipinski definition) is 4. The molecule has 234 valence electrons. The van der Waals surface area contributed by atoms with Gasteiger partial charge in [-0.2, -0.15) is 0 Å². The monoisotopic (exact) mass is 611 g/mol. The van der Waals surface area contributed by atoms with Crippen LogP contribution in [-0.4, -0.2) is 47.6 Å². The number of rotatable bonds is 13. The van der Waals surface area contributed by atoms with Gasteiger partial charge in [-0.05, 0) is 73.1 Å². The molecule has 0 saturated heterocycles. The fourth-order valence-electron chi connectivity index (χ4n) is 5.04. The first-order valence-electron chi connectivity index (χ1n) is 15.3. The molecule has 0 saturated carbocycles. The molecule has 0 radical (unpaired) electrons. The summed E-state index contributed by atoms with van der Waals surface area (Å²) in [6.45, 7) is 28.8. The van der Waals surface area contributed by atoms with Crippen molar-refractivity contribution in [3.05, 3.63) is 73.3 Å². The summed E-state index contributed by atoms with van der Waals surface area (Å²) < 4.78 is 19.6. The van der Waals surface area contributed by atoms with Crippen molar-refractivity contribution in [2.24, 2.45) is 5.92 Å². The number of hydrogen-bond donors (Lipinski definition) is 1. The lowest BCUT2D eigenvalue weighted by atomic mass is 9.98. The molecule has 1 N–H and O–H groups in total. The Hall–Kier alpha value is -2.20. The lowest BCUT2D eigenvalue weighted by molar-refractivity contribution is 0.0470. The number of carbonyl (C=O) groups is 1. The molecule has 0 aliphatic rings. The largest absolute Gasteiger partial charge is 0.444 e. The minimum absolute atomic E-state index is 0.117. The zero-order valence-corrected chi connectivity index (χ0v) is 30.2. The first-order valence-corrected chi connectivity index (χ1v) is 20.1. The summed E-state index contributed by atoms with van der Waals surface area (Å²) in [5.74, 6) is 0.180. The van der Waals surface area contributed by atoms with Gasteiger partial charge in [0.15, 0.2) is 8.32 Å². The van der Waals surface area contributed by atoms with Crippen molar-refractivity contribution in [2.75, 3.05) is 13.2 Å². The molecule has 0 aliphatic heterocycles. The lowest BCUT2D eigenvalue weighted by Gasteiger charge is -2.44. The number of alkyl carbamates (subject to hydrolysis) is 1. The van der Waals surface area contributed by atoms with E-state index in [-0.39, 0.29) is 22.0 Å². The SMILES string of the molecule is C=CC[C@@H](CO[Si](C)(C)C(C)(C)C)CC(CO[Si](c1ccccc1)(c1ccccc1)C(C)(C)C)NC(=O)OC(C)(C)C. The van der Waals surface area contributed by atoms with Crippen LogP contribution in [0.15, 0.2) is 73.3 Å². The smallest absolute Gasteiger partial charge is 0.407 e. The lowest BCUT2D eigenvalue weighted by Crippen LogP contribution is -2.67. The van der Waals surface area contributed by atoms with Crippen molar-refractivity contribution >= 4 is 33.1 Å². The van der Waals surface area contributed by atoms with Gasteiger partial charge in [0.05, 0.1) is 12.6 Å². The van der Waals surface area contributed by atoms with Crippen LogP contribution in [-0.2, 0) is 13.6 Å². The van der Waals surface area contributed by atoms with E-state index in [1.54, 1.807) is 0 Å². The molecule has 1 amide bonds. The molecule has 2 atom stereocenters. The van der Waals surface area contributed by atoms with Crippen LogP contribution in [0.2, 0.25) is 23.2 Å². The predicted molar refractivity (Wildman–Crippen MR) is 183 cm³/mol. The van der Waals surface area contributed by atoms with Crippen LogP contribution in [0.5, 0.6) is 0 Å². The highest BCUT2D eigenvalue weighted by Gasteiger charge is 2.50. The van der Waals surface area contributed by atoms with Crippen LogP contribution >= 0.6 is 0 Å². The quantitative estimate of drug-likeness (QED) is 0.184. The summed E-state index contributed by atoms with van der Waals surface area (Å²) in [4.78, 5) is 13.1. The number of nitrogens with one attached hydrogen (secondary N) is 1. The standard InChI is InChI=1S/C35H57NO4Si2/c1-13-20-28(26-38-41(11,12)34(5,6)7)25-29(36-32(37)40-33(2,3)4)27-39-42(35(8,9)10,30-21-16-14-17-22-30)31-23-18-15-19-24-31/h13-19,21-24,28-29H,1,20,25-27H2,2-12H3,(H,36,37)/t28-,29?/m1/s1. The second kappa shape index (κ2) is 14.5. The van der Waals surface area contributed by atoms with Crippen LogP contribution in [0, 0.1) is 5.92 Å². The van der Waals surface area contributed by atoms with E-state index < -0.39 is 28.3 Å². The van der Waals surface area contributed by atoms with Gasteiger partial charge in [-0.1, -0.05) is 108 Å². The number of amides is 1. The molecule has 2 rings (SSSR count). The maximum Gasteiger partial charge on any atom is 0.407 e. The van der Waals surface area contributed by atoms with Crippen LogP contribution < -0.4 is 15.7 Å². The highest BCUT2D eigenvalue weighted by Crippen LogP contribution is 2.38. The Labute approximate surface area is 258 Å². The van der Waals surface area contributed by atoms with E-state index in [1.165, 1.54) is 10.4 Å². The summed E-state index contributed by atoms with van der Waals surface area (Å²) in [7, 11) is -4.73. The molecule has 5 nitrogen and oxygen atoms in total. The number of benzene rings is 2. The van der Waals surface area contributed by atoms with Gasteiger partial charge in [-0.3, -0.25) is 0 Å². The van der Waals surface area contributed by atoms with Gasteiger partial charge in [-0.15, -0.1) is 6.58 Å². The van der Waals surface area contributed by atoms with E-state index >= 15 is 0 Å². The first-order chi connectivity index (χ1) is 19.3. The van der Waals surface area contributed by atoms with Crippen LogP contribution in [0.3, 0.4) is 0 Å². The van der Waals surface area contributed by atoms with Gasteiger partial charge >= 0.3 is 6.09 Å². The molecule has 42 heavy (non-hydrogen) atoms. The zero-order chi connectivity index (χ0) is 31.8. The average molecular weight is 612 g/mol. The van der Waals surface area contributed by atoms with E-state index in [0.717, 1.165) is 6.42 Å². The highest BCUT2D eigenvalue weighted by atomic mass is 28.4. The second-order valence-corrected chi connectivity index (χ2v) is 24.1. The molecule has 1 unspecified atom stereocenters. The third-order valence-electron chi connectivity index (χ3n) is 8.24. The van der Waals surface area contributed by atoms with Gasteiger partial charge in [0.25, 0.3) is 8.32 Å². The van der Waals surface area contributed by atoms with Crippen LogP contribution in [0.1, 0.15) is 75.2 Å². The van der Waals surface area contributed by atoms with Gasteiger partial charge in [0.1, 0.15) is 5.60 Å². The molecule has 0 fully saturated rings. The second-order valence-electron chi connectivity index (χ2n) is 15.0. The minimum atomic E-state index is -2.79. The van der Waals surface area contributed by atoms with E-state index in [4.69, 9.17) is 13.6 Å². The summed E-state index contributed by atoms with van der Waals surface area (Å²) >= 11 is 0. The topological polar surface area (TPSA) is 56.8 Å². The first kappa shape index (κ1) is 36.0. The van der Waals surface area contributed by atoms with E-state index in [1.807, 2.05) is 39.0 Å². The molecular weight excluding hydrogens is 555 g/mol. The summed E-state index contributed by atoms with van der Waals surface area (Å²) in [6, 6.07) is 20.9. The predicted octanol–water partition coefficient (Wildman–Crippen LogP) is 8.06. The van der Waals surface area contributed by atoms with Crippen LogP contribution in [0.25, 0.3) is 0 Å². The van der Waals surface area contributed by atoms with Gasteiger partial charge in [0, 0.05) is 6.61 Å². The average Bonchev–Trinajstić information content (AvgIpc) is 2.86. The Morgan fingerprint density at radius 3 is 1.71 bits per heavy atom. The molecule has 2 aromatic rings. The van der Waals surface area contributed by atoms with E-state index in [0.29, 0.717) is 19.6 Å². The van der Waals surface area contributed by atoms with Crippen molar-refractivity contribution in [2.45, 2.75) is 110 Å². The van der Waals surface area contributed by atoms with Crippen LogP contribution in [0.4, 0.5) is 4.79 Å². The maximum atomic E-state index is 13.1. The Morgan fingerprint density at radius 1 is 0.810 bits per heavy atom. The van der Waals surface area contributed by atoms with Crippen molar-refractivity contribution in [1.29, 1.82) is 0 Å². The number of allylic oxidation sites excluding steroid dienone is 1. The van der Waals surface area contributed by atoms with Crippen molar-refractivity contribution in [1.82, 2.24) is 5.32 Å². The highest BCUT2D eigenvalue weighted by molar-refractivity contribution is 6.99. The molecule has 0 aromatic heterocycles. The third kappa shape index (κ3) is 9.93. The van der Waals surface area contributed by atoms with Gasteiger partial charge in [0.2, 0.25) is 0 Å². The van der Waals surface area contributed by atoms with Crippen molar-refractivity contribution in [3.8, 4) is 0 Å². The molecule has 0 aliphatic carbocycles. The summed E-state index contributed by atoms with van der Waals surface area (Å²) in [6.07, 6.45) is 3.01. The van der Waals surface area contributed by atoms with Crippen molar-refractivity contribution in [3.63, 3.8) is 0 Å². The van der Waals surface area contributed by atoms with Gasteiger partial charge in [-0.25, -0.2) is 4.79 Å². The molecule has 0 spiro atoms. The normalized spacial score (nSPS) is 14.6. The minimum Gasteiger partial charge on any atom is -0.444 e. The number of carbonyl (C=O) groups excluding carboxylic acids is 1. The maximum absolute atomic E-state index is 13.1. The Bertz CT molecular complexity index is 1080. The number of ether oxygens (including phenoxy) is 1. The summed E-state index contributed by atoms with van der Waals surface area (Å²) in [5.41, 5.74) is -0.598. The fraction of sp³-hybridized carbons (Fsp3) is 0.571. The molecule has 0 heterocycles. The Kier molecular flexibility index (Phi) is 12.4. The molecule has 0 bridgehead atoms. The molecular formula is C35H57NO4Si2. The fourth-order valence-corrected chi connectivity index (χ4v) is 10.7. The zero-order valence-electron chi connectivity index (χ0n) is 28.2. The van der Waals surface area contributed by atoms with E-state index in [2.05, 4.69) is 115 Å². The van der Waals surface area contributed by atoms with Gasteiger partial charge < -0.3 is 18.9 Å². The molecule has 7 heteroatoms. The third-order valence-corrected chi connectivity index (χ3v) is 17.7. The van der Waals surface area contributed by atoms with E-state index in [9.17, 15) is 4.79 Å². The Morgan fingerprint density at radius 2 is 1.31 bits per heavy atom. The molecule has 2 aromatic carbocycles.